The lowest BCUT2D eigenvalue weighted by Gasteiger charge is -2.34. The molecule has 1 saturated heterocycles. The Balaban J connectivity index is 2.20. The summed E-state index contributed by atoms with van der Waals surface area (Å²) in [5.41, 5.74) is 6.66. The van der Waals surface area contributed by atoms with Crippen LogP contribution in [0.4, 0.5) is 5.69 Å². The molecule has 0 spiro atoms. The van der Waals surface area contributed by atoms with Crippen molar-refractivity contribution >= 4 is 11.6 Å². The maximum atomic E-state index is 12.4. The molecule has 1 amide bonds. The number of carbonyl (C=O) groups excluding carboxylic acids is 1. The van der Waals surface area contributed by atoms with E-state index in [9.17, 15) is 4.79 Å². The molecule has 100 valence electrons. The molecule has 1 atom stereocenters. The molecule has 0 aliphatic carbocycles. The van der Waals surface area contributed by atoms with Gasteiger partial charge in [-0.1, -0.05) is 6.92 Å². The molecule has 1 unspecified atom stereocenters. The van der Waals surface area contributed by atoms with E-state index in [1.165, 1.54) is 0 Å². The summed E-state index contributed by atoms with van der Waals surface area (Å²) in [6.45, 7) is 6.50. The molecule has 6 heteroatoms. The standard InChI is InChI=1S/C12H20N4O2/c1-3-9-8-18-6-5-16(9)12(17)11-10(13)7-15(4-2)14-11/h7,9H,3-6,8,13H2,1-2H3. The number of morpholine rings is 1. The van der Waals surface area contributed by atoms with E-state index in [4.69, 9.17) is 10.5 Å². The van der Waals surface area contributed by atoms with Crippen molar-refractivity contribution in [1.82, 2.24) is 14.7 Å². The fourth-order valence-electron chi connectivity index (χ4n) is 2.16. The van der Waals surface area contributed by atoms with Crippen molar-refractivity contribution in [2.45, 2.75) is 32.9 Å². The van der Waals surface area contributed by atoms with E-state index in [2.05, 4.69) is 5.10 Å². The van der Waals surface area contributed by atoms with Gasteiger partial charge in [-0.3, -0.25) is 9.48 Å². The van der Waals surface area contributed by atoms with E-state index in [0.717, 1.165) is 6.42 Å². The summed E-state index contributed by atoms with van der Waals surface area (Å²) >= 11 is 0. The van der Waals surface area contributed by atoms with Gasteiger partial charge < -0.3 is 15.4 Å². The van der Waals surface area contributed by atoms with Crippen LogP contribution in [-0.2, 0) is 11.3 Å². The summed E-state index contributed by atoms with van der Waals surface area (Å²) in [7, 11) is 0. The minimum atomic E-state index is -0.0881. The summed E-state index contributed by atoms with van der Waals surface area (Å²) in [4.78, 5) is 14.3. The quantitative estimate of drug-likeness (QED) is 0.861. The van der Waals surface area contributed by atoms with Crippen LogP contribution in [0.2, 0.25) is 0 Å². The summed E-state index contributed by atoms with van der Waals surface area (Å²) < 4.78 is 7.08. The van der Waals surface area contributed by atoms with Crippen LogP contribution in [0.5, 0.6) is 0 Å². The Morgan fingerprint density at radius 3 is 3.00 bits per heavy atom. The molecule has 6 nitrogen and oxygen atoms in total. The predicted octanol–water partition coefficient (Wildman–Crippen LogP) is 0.736. The number of nitrogen functional groups attached to an aromatic ring is 1. The van der Waals surface area contributed by atoms with Crippen LogP contribution >= 0.6 is 0 Å². The van der Waals surface area contributed by atoms with Crippen LogP contribution < -0.4 is 5.73 Å². The van der Waals surface area contributed by atoms with Gasteiger partial charge in [0, 0.05) is 19.3 Å². The molecule has 1 aliphatic rings. The van der Waals surface area contributed by atoms with Crippen LogP contribution in [0.1, 0.15) is 30.8 Å². The molecule has 1 fully saturated rings. The lowest BCUT2D eigenvalue weighted by Crippen LogP contribution is -2.48. The average molecular weight is 252 g/mol. The second-order valence-electron chi connectivity index (χ2n) is 4.42. The van der Waals surface area contributed by atoms with Crippen LogP contribution in [0.25, 0.3) is 0 Å². The fraction of sp³-hybridized carbons (Fsp3) is 0.667. The van der Waals surface area contributed by atoms with Crippen LogP contribution in [-0.4, -0.2) is 46.4 Å². The number of amides is 1. The molecule has 2 rings (SSSR count). The van der Waals surface area contributed by atoms with Crippen LogP contribution in [0, 0.1) is 0 Å². The van der Waals surface area contributed by atoms with Gasteiger partial charge in [0.05, 0.1) is 24.9 Å². The molecule has 2 heterocycles. The number of aryl methyl sites for hydroxylation is 1. The Morgan fingerprint density at radius 1 is 1.61 bits per heavy atom. The number of ether oxygens (including phenoxy) is 1. The molecule has 0 saturated carbocycles. The topological polar surface area (TPSA) is 73.4 Å². The van der Waals surface area contributed by atoms with Gasteiger partial charge in [0.25, 0.3) is 5.91 Å². The number of carbonyl (C=O) groups is 1. The van der Waals surface area contributed by atoms with Gasteiger partial charge in [-0.2, -0.15) is 5.10 Å². The maximum absolute atomic E-state index is 12.4. The van der Waals surface area contributed by atoms with E-state index in [1.54, 1.807) is 10.9 Å². The minimum Gasteiger partial charge on any atom is -0.396 e. The molecule has 2 N–H and O–H groups in total. The van der Waals surface area contributed by atoms with E-state index < -0.39 is 0 Å². The number of nitrogens with zero attached hydrogens (tertiary/aromatic N) is 3. The molecule has 0 bridgehead atoms. The molecular formula is C12H20N4O2. The Hall–Kier alpha value is -1.56. The Labute approximate surface area is 107 Å². The SMILES string of the molecule is CCC1COCCN1C(=O)c1nn(CC)cc1N. The summed E-state index contributed by atoms with van der Waals surface area (Å²) in [5, 5.41) is 4.23. The van der Waals surface area contributed by atoms with Crippen molar-refractivity contribution in [2.24, 2.45) is 0 Å². The lowest BCUT2D eigenvalue weighted by molar-refractivity contribution is -0.00309. The Kier molecular flexibility index (Phi) is 3.86. The highest BCUT2D eigenvalue weighted by Crippen LogP contribution is 2.17. The van der Waals surface area contributed by atoms with Crippen molar-refractivity contribution < 1.29 is 9.53 Å². The number of hydrogen-bond donors (Lipinski definition) is 1. The van der Waals surface area contributed by atoms with Crippen molar-refractivity contribution in [3.63, 3.8) is 0 Å². The first-order chi connectivity index (χ1) is 8.67. The Morgan fingerprint density at radius 2 is 2.39 bits per heavy atom. The third-order valence-corrected chi connectivity index (χ3v) is 3.28. The smallest absolute Gasteiger partial charge is 0.276 e. The van der Waals surface area contributed by atoms with E-state index in [1.807, 2.05) is 18.7 Å². The third kappa shape index (κ3) is 2.33. The second-order valence-corrected chi connectivity index (χ2v) is 4.42. The monoisotopic (exact) mass is 252 g/mol. The van der Waals surface area contributed by atoms with Crippen molar-refractivity contribution in [2.75, 3.05) is 25.5 Å². The number of aromatic nitrogens is 2. The van der Waals surface area contributed by atoms with Gasteiger partial charge in [0.2, 0.25) is 0 Å². The highest BCUT2D eigenvalue weighted by Gasteiger charge is 2.29. The van der Waals surface area contributed by atoms with Crippen molar-refractivity contribution in [3.8, 4) is 0 Å². The highest BCUT2D eigenvalue weighted by atomic mass is 16.5. The first-order valence-electron chi connectivity index (χ1n) is 6.39. The first-order valence-corrected chi connectivity index (χ1v) is 6.39. The normalized spacial score (nSPS) is 20.1. The number of anilines is 1. The van der Waals surface area contributed by atoms with Crippen molar-refractivity contribution in [3.05, 3.63) is 11.9 Å². The van der Waals surface area contributed by atoms with E-state index in [-0.39, 0.29) is 11.9 Å². The zero-order valence-corrected chi connectivity index (χ0v) is 10.9. The number of hydrogen-bond acceptors (Lipinski definition) is 4. The number of nitrogens with two attached hydrogens (primary N) is 1. The largest absolute Gasteiger partial charge is 0.396 e. The predicted molar refractivity (Wildman–Crippen MR) is 68.2 cm³/mol. The van der Waals surface area contributed by atoms with Gasteiger partial charge in [-0.05, 0) is 13.3 Å². The number of rotatable bonds is 3. The molecule has 1 aliphatic heterocycles. The zero-order chi connectivity index (χ0) is 13.1. The van der Waals surface area contributed by atoms with Gasteiger partial charge in [0.15, 0.2) is 5.69 Å². The zero-order valence-electron chi connectivity index (χ0n) is 10.9. The molecule has 0 radical (unpaired) electrons. The second kappa shape index (κ2) is 5.39. The third-order valence-electron chi connectivity index (χ3n) is 3.28. The first kappa shape index (κ1) is 12.9. The van der Waals surface area contributed by atoms with Crippen LogP contribution in [0.15, 0.2) is 6.20 Å². The molecular weight excluding hydrogens is 232 g/mol. The average Bonchev–Trinajstić information content (AvgIpc) is 2.79. The van der Waals surface area contributed by atoms with Gasteiger partial charge in [0.1, 0.15) is 0 Å². The van der Waals surface area contributed by atoms with E-state index in [0.29, 0.717) is 37.7 Å². The lowest BCUT2D eigenvalue weighted by atomic mass is 10.1. The molecule has 0 aromatic carbocycles. The summed E-state index contributed by atoms with van der Waals surface area (Å²) in [6.07, 6.45) is 2.58. The fourth-order valence-corrected chi connectivity index (χ4v) is 2.16. The van der Waals surface area contributed by atoms with Gasteiger partial charge in [-0.15, -0.1) is 0 Å². The molecule has 1 aromatic rings. The van der Waals surface area contributed by atoms with Crippen LogP contribution in [0.3, 0.4) is 0 Å². The van der Waals surface area contributed by atoms with E-state index >= 15 is 0 Å². The summed E-state index contributed by atoms with van der Waals surface area (Å²) in [5.74, 6) is -0.0881. The van der Waals surface area contributed by atoms with Gasteiger partial charge >= 0.3 is 0 Å². The highest BCUT2D eigenvalue weighted by molar-refractivity contribution is 5.97. The van der Waals surface area contributed by atoms with Crippen molar-refractivity contribution in [1.29, 1.82) is 0 Å². The minimum absolute atomic E-state index is 0.0881. The Bertz CT molecular complexity index is 430. The maximum Gasteiger partial charge on any atom is 0.276 e. The molecule has 18 heavy (non-hydrogen) atoms. The summed E-state index contributed by atoms with van der Waals surface area (Å²) in [6, 6.07) is 0.123. The molecule has 1 aromatic heterocycles. The van der Waals surface area contributed by atoms with Gasteiger partial charge in [-0.25, -0.2) is 0 Å².